The number of amides is 1. The lowest BCUT2D eigenvalue weighted by atomic mass is 10.0. The van der Waals surface area contributed by atoms with E-state index in [-0.39, 0.29) is 24.5 Å². The molecule has 0 aliphatic carbocycles. The maximum Gasteiger partial charge on any atom is 0.236 e. The number of nitrogens with two attached hydrogens (primary N) is 1. The van der Waals surface area contributed by atoms with Crippen LogP contribution in [0.25, 0.3) is 0 Å². The Kier molecular flexibility index (Phi) is 5.79. The minimum atomic E-state index is -0.312. The summed E-state index contributed by atoms with van der Waals surface area (Å²) in [7, 11) is 3.53. The Hall–Kier alpha value is -1.59. The molecule has 0 radical (unpaired) electrons. The number of benzene rings is 1. The second kappa shape index (κ2) is 7.11. The predicted molar refractivity (Wildman–Crippen MR) is 75.6 cm³/mol. The average Bonchev–Trinajstić information content (AvgIpc) is 2.27. The number of hydrogen-bond acceptors (Lipinski definition) is 4. The number of carbonyl (C=O) groups is 1. The minimum Gasteiger partial charge on any atom is -0.491 e. The molecule has 0 aliphatic heterocycles. The van der Waals surface area contributed by atoms with Gasteiger partial charge in [0, 0.05) is 26.6 Å². The van der Waals surface area contributed by atoms with E-state index in [1.807, 2.05) is 38.1 Å². The van der Waals surface area contributed by atoms with Gasteiger partial charge in [-0.2, -0.15) is 0 Å². The van der Waals surface area contributed by atoms with Crippen molar-refractivity contribution in [2.75, 3.05) is 14.1 Å². The molecule has 0 saturated carbocycles. The summed E-state index contributed by atoms with van der Waals surface area (Å²) >= 11 is 0. The Labute approximate surface area is 114 Å². The molecule has 0 bridgehead atoms. The van der Waals surface area contributed by atoms with E-state index in [0.29, 0.717) is 0 Å². The smallest absolute Gasteiger partial charge is 0.236 e. The van der Waals surface area contributed by atoms with Crippen molar-refractivity contribution in [3.63, 3.8) is 0 Å². The summed E-state index contributed by atoms with van der Waals surface area (Å²) in [5, 5.41) is 1.61. The number of nitrogens with zero attached hydrogens (tertiary/aromatic N) is 1. The van der Waals surface area contributed by atoms with Crippen molar-refractivity contribution in [1.29, 1.82) is 0 Å². The van der Waals surface area contributed by atoms with E-state index in [0.717, 1.165) is 11.3 Å². The zero-order valence-corrected chi connectivity index (χ0v) is 12.0. The Morgan fingerprint density at radius 2 is 1.89 bits per heavy atom. The van der Waals surface area contributed by atoms with Crippen LogP contribution in [-0.4, -0.2) is 31.1 Å². The summed E-state index contributed by atoms with van der Waals surface area (Å²) in [6.07, 6.45) is 0.396. The molecule has 0 saturated heterocycles. The third-order valence-corrected chi connectivity index (χ3v) is 2.43. The van der Waals surface area contributed by atoms with Crippen molar-refractivity contribution < 1.29 is 9.53 Å². The van der Waals surface area contributed by atoms with Crippen molar-refractivity contribution in [3.8, 4) is 5.75 Å². The zero-order chi connectivity index (χ0) is 14.4. The van der Waals surface area contributed by atoms with Crippen LogP contribution in [0.3, 0.4) is 0 Å². The first kappa shape index (κ1) is 15.5. The fourth-order valence-corrected chi connectivity index (χ4v) is 1.68. The highest BCUT2D eigenvalue weighted by Crippen LogP contribution is 2.19. The molecule has 1 amide bonds. The van der Waals surface area contributed by atoms with Gasteiger partial charge in [0.25, 0.3) is 0 Å². The van der Waals surface area contributed by atoms with Crippen molar-refractivity contribution in [2.24, 2.45) is 5.73 Å². The van der Waals surface area contributed by atoms with Gasteiger partial charge >= 0.3 is 0 Å². The highest BCUT2D eigenvalue weighted by Gasteiger charge is 2.12. The van der Waals surface area contributed by atoms with Gasteiger partial charge in [0.15, 0.2) is 0 Å². The number of hydrogen-bond donors (Lipinski definition) is 2. The maximum atomic E-state index is 11.6. The number of nitrogens with one attached hydrogen (secondary N) is 1. The quantitative estimate of drug-likeness (QED) is 0.764. The highest BCUT2D eigenvalue weighted by molar-refractivity contribution is 5.76. The Morgan fingerprint density at radius 1 is 1.32 bits per heavy atom. The van der Waals surface area contributed by atoms with Crippen LogP contribution in [0.15, 0.2) is 24.3 Å². The standard InChI is InChI=1S/C14H23N3O2/c1-10(2)19-12-7-5-11(6-8-12)13(15)9-14(18)16-17(3)4/h5-8,10,13H,9,15H2,1-4H3,(H,16,18). The summed E-state index contributed by atoms with van der Waals surface area (Å²) < 4.78 is 5.56. The Balaban J connectivity index is 2.57. The van der Waals surface area contributed by atoms with E-state index < -0.39 is 0 Å². The summed E-state index contributed by atoms with van der Waals surface area (Å²) in [6, 6.07) is 7.22. The largest absolute Gasteiger partial charge is 0.491 e. The van der Waals surface area contributed by atoms with Gasteiger partial charge in [-0.05, 0) is 31.5 Å². The molecule has 5 nitrogen and oxygen atoms in total. The number of carbonyl (C=O) groups excluding carboxylic acids is 1. The van der Waals surface area contributed by atoms with E-state index in [2.05, 4.69) is 5.43 Å². The molecule has 0 aliphatic rings. The van der Waals surface area contributed by atoms with Crippen LogP contribution < -0.4 is 15.9 Å². The lowest BCUT2D eigenvalue weighted by molar-refractivity contribution is -0.125. The molecule has 19 heavy (non-hydrogen) atoms. The minimum absolute atomic E-state index is 0.0972. The second-order valence-corrected chi connectivity index (χ2v) is 4.98. The topological polar surface area (TPSA) is 67.6 Å². The SMILES string of the molecule is CC(C)Oc1ccc(C(N)CC(=O)NN(C)C)cc1. The van der Waals surface area contributed by atoms with Crippen LogP contribution in [0, 0.1) is 0 Å². The van der Waals surface area contributed by atoms with Crippen LogP contribution in [-0.2, 0) is 4.79 Å². The fraction of sp³-hybridized carbons (Fsp3) is 0.500. The van der Waals surface area contributed by atoms with Gasteiger partial charge in [-0.3, -0.25) is 10.2 Å². The molecular weight excluding hydrogens is 242 g/mol. The van der Waals surface area contributed by atoms with E-state index in [1.54, 1.807) is 19.1 Å². The zero-order valence-electron chi connectivity index (χ0n) is 12.0. The van der Waals surface area contributed by atoms with Crippen molar-refractivity contribution >= 4 is 5.91 Å². The summed E-state index contributed by atoms with van der Waals surface area (Å²) in [6.45, 7) is 3.95. The second-order valence-electron chi connectivity index (χ2n) is 4.98. The lowest BCUT2D eigenvalue weighted by Gasteiger charge is -2.16. The number of hydrazine groups is 1. The lowest BCUT2D eigenvalue weighted by Crippen LogP contribution is -2.37. The molecule has 5 heteroatoms. The normalized spacial score (nSPS) is 12.6. The molecule has 3 N–H and O–H groups in total. The average molecular weight is 265 g/mol. The van der Waals surface area contributed by atoms with Crippen LogP contribution in [0.4, 0.5) is 0 Å². The van der Waals surface area contributed by atoms with Crippen LogP contribution >= 0.6 is 0 Å². The number of ether oxygens (including phenoxy) is 1. The van der Waals surface area contributed by atoms with Crippen LogP contribution in [0.2, 0.25) is 0 Å². The first-order valence-corrected chi connectivity index (χ1v) is 6.37. The fourth-order valence-electron chi connectivity index (χ4n) is 1.68. The van der Waals surface area contributed by atoms with Crippen LogP contribution in [0.5, 0.6) is 5.75 Å². The molecule has 0 aromatic heterocycles. The maximum absolute atomic E-state index is 11.6. The van der Waals surface area contributed by atoms with Gasteiger partial charge in [0.2, 0.25) is 5.91 Å². The van der Waals surface area contributed by atoms with Crippen molar-refractivity contribution in [3.05, 3.63) is 29.8 Å². The molecule has 1 unspecified atom stereocenters. The van der Waals surface area contributed by atoms with Gasteiger partial charge < -0.3 is 10.5 Å². The molecular formula is C14H23N3O2. The monoisotopic (exact) mass is 265 g/mol. The molecule has 0 spiro atoms. The third kappa shape index (κ3) is 5.72. The third-order valence-electron chi connectivity index (χ3n) is 2.43. The van der Waals surface area contributed by atoms with E-state index in [9.17, 15) is 4.79 Å². The van der Waals surface area contributed by atoms with Gasteiger partial charge in [-0.1, -0.05) is 12.1 Å². The summed E-state index contributed by atoms with van der Waals surface area (Å²) in [4.78, 5) is 11.6. The van der Waals surface area contributed by atoms with Crippen molar-refractivity contribution in [2.45, 2.75) is 32.4 Å². The van der Waals surface area contributed by atoms with E-state index >= 15 is 0 Å². The van der Waals surface area contributed by atoms with Gasteiger partial charge in [0.05, 0.1) is 6.10 Å². The number of rotatable bonds is 6. The van der Waals surface area contributed by atoms with Gasteiger partial charge in [-0.25, -0.2) is 5.01 Å². The van der Waals surface area contributed by atoms with Crippen LogP contribution in [0.1, 0.15) is 31.9 Å². The first-order chi connectivity index (χ1) is 8.88. The van der Waals surface area contributed by atoms with Gasteiger partial charge in [0.1, 0.15) is 5.75 Å². The molecule has 1 rings (SSSR count). The molecule has 1 aromatic rings. The first-order valence-electron chi connectivity index (χ1n) is 6.37. The predicted octanol–water partition coefficient (Wildman–Crippen LogP) is 1.46. The van der Waals surface area contributed by atoms with E-state index in [4.69, 9.17) is 10.5 Å². The Morgan fingerprint density at radius 3 is 2.37 bits per heavy atom. The molecule has 1 atom stereocenters. The van der Waals surface area contributed by atoms with Crippen molar-refractivity contribution in [1.82, 2.24) is 10.4 Å². The molecule has 0 heterocycles. The van der Waals surface area contributed by atoms with E-state index in [1.165, 1.54) is 0 Å². The summed E-state index contributed by atoms with van der Waals surface area (Å²) in [5.41, 5.74) is 9.59. The summed E-state index contributed by atoms with van der Waals surface area (Å²) in [5.74, 6) is 0.712. The Bertz CT molecular complexity index is 402. The van der Waals surface area contributed by atoms with Gasteiger partial charge in [-0.15, -0.1) is 0 Å². The molecule has 0 fully saturated rings. The highest BCUT2D eigenvalue weighted by atomic mass is 16.5. The molecule has 106 valence electrons. The molecule has 1 aromatic carbocycles.